The zero-order valence-electron chi connectivity index (χ0n) is 19.4. The second-order valence-corrected chi connectivity index (χ2v) is 8.99. The number of benzene rings is 2. The molecule has 0 bridgehead atoms. The lowest BCUT2D eigenvalue weighted by Crippen LogP contribution is -2.15. The SMILES string of the molecule is CCCCOC(=O)c1ccc(NC(=O)c2nnn(-c3ccc(Cl)cc3)c2CSc2ncccn2)cc1. The first kappa shape index (κ1) is 25.3. The van der Waals surface area contributed by atoms with E-state index in [9.17, 15) is 9.59 Å². The number of aromatic nitrogens is 5. The average Bonchev–Trinajstić information content (AvgIpc) is 3.33. The highest BCUT2D eigenvalue weighted by Gasteiger charge is 2.22. The molecule has 0 radical (unpaired) electrons. The highest BCUT2D eigenvalue weighted by molar-refractivity contribution is 7.98. The fraction of sp³-hybridized carbons (Fsp3) is 0.200. The van der Waals surface area contributed by atoms with Gasteiger partial charge in [-0.3, -0.25) is 4.79 Å². The van der Waals surface area contributed by atoms with Gasteiger partial charge in [-0.25, -0.2) is 19.4 Å². The molecular formula is C25H23ClN6O3S. The standard InChI is InChI=1S/C25H23ClN6O3S/c1-2-3-15-35-24(34)17-5-9-19(10-6-17)29-23(33)22-21(16-36-25-27-13-4-14-28-25)32(31-30-22)20-11-7-18(26)8-12-20/h4-14H,2-3,15-16H2,1H3,(H,29,33). The van der Waals surface area contributed by atoms with Crippen LogP contribution in [-0.4, -0.2) is 43.4 Å². The van der Waals surface area contributed by atoms with Gasteiger partial charge < -0.3 is 10.1 Å². The minimum absolute atomic E-state index is 0.163. The summed E-state index contributed by atoms with van der Waals surface area (Å²) in [6.07, 6.45) is 5.06. The molecule has 2 aromatic carbocycles. The zero-order chi connectivity index (χ0) is 25.3. The van der Waals surface area contributed by atoms with Crippen molar-refractivity contribution in [2.75, 3.05) is 11.9 Å². The van der Waals surface area contributed by atoms with Gasteiger partial charge in [0, 0.05) is 28.9 Å². The number of unbranched alkanes of at least 4 members (excludes halogenated alkanes) is 1. The van der Waals surface area contributed by atoms with Crippen LogP contribution < -0.4 is 5.32 Å². The summed E-state index contributed by atoms with van der Waals surface area (Å²) in [6.45, 7) is 2.41. The van der Waals surface area contributed by atoms with Crippen LogP contribution in [0.5, 0.6) is 0 Å². The molecule has 184 valence electrons. The van der Waals surface area contributed by atoms with Crippen LogP contribution in [0.25, 0.3) is 5.69 Å². The van der Waals surface area contributed by atoms with Gasteiger partial charge in [0.15, 0.2) is 10.9 Å². The summed E-state index contributed by atoms with van der Waals surface area (Å²) in [6, 6.07) is 15.3. The van der Waals surface area contributed by atoms with Gasteiger partial charge in [0.2, 0.25) is 0 Å². The third kappa shape index (κ3) is 6.46. The molecule has 4 rings (SSSR count). The van der Waals surface area contributed by atoms with Crippen LogP contribution in [0.4, 0.5) is 5.69 Å². The summed E-state index contributed by atoms with van der Waals surface area (Å²) in [4.78, 5) is 33.7. The molecule has 0 fully saturated rings. The summed E-state index contributed by atoms with van der Waals surface area (Å²) in [5.74, 6) is -0.474. The summed E-state index contributed by atoms with van der Waals surface area (Å²) in [7, 11) is 0. The molecule has 2 aromatic heterocycles. The molecule has 0 saturated heterocycles. The number of halogens is 1. The number of carbonyl (C=O) groups excluding carboxylic acids is 2. The van der Waals surface area contributed by atoms with Gasteiger partial charge in [0.1, 0.15) is 0 Å². The number of anilines is 1. The van der Waals surface area contributed by atoms with Gasteiger partial charge >= 0.3 is 5.97 Å². The Bertz CT molecular complexity index is 1310. The van der Waals surface area contributed by atoms with Gasteiger partial charge in [-0.2, -0.15) is 0 Å². The molecule has 1 amide bonds. The molecule has 0 aliphatic carbocycles. The molecule has 0 saturated carbocycles. The minimum Gasteiger partial charge on any atom is -0.462 e. The number of nitrogens with zero attached hydrogens (tertiary/aromatic N) is 5. The molecule has 4 aromatic rings. The lowest BCUT2D eigenvalue weighted by atomic mass is 10.2. The summed E-state index contributed by atoms with van der Waals surface area (Å²) >= 11 is 7.39. The number of hydrogen-bond donors (Lipinski definition) is 1. The molecule has 11 heteroatoms. The van der Waals surface area contributed by atoms with E-state index >= 15 is 0 Å². The van der Waals surface area contributed by atoms with Crippen molar-refractivity contribution < 1.29 is 14.3 Å². The summed E-state index contributed by atoms with van der Waals surface area (Å²) in [5, 5.41) is 12.3. The number of ether oxygens (including phenoxy) is 1. The molecule has 1 N–H and O–H groups in total. The van der Waals surface area contributed by atoms with E-state index in [-0.39, 0.29) is 5.69 Å². The van der Waals surface area contributed by atoms with Crippen LogP contribution in [-0.2, 0) is 10.5 Å². The van der Waals surface area contributed by atoms with Gasteiger partial charge in [-0.05, 0) is 61.0 Å². The van der Waals surface area contributed by atoms with Crippen LogP contribution in [0, 0.1) is 0 Å². The predicted octanol–water partition coefficient (Wildman–Crippen LogP) is 5.21. The number of esters is 1. The zero-order valence-corrected chi connectivity index (χ0v) is 21.0. The summed E-state index contributed by atoms with van der Waals surface area (Å²) in [5.41, 5.74) is 2.37. The van der Waals surface area contributed by atoms with E-state index < -0.39 is 11.9 Å². The molecule has 2 heterocycles. The second-order valence-electron chi connectivity index (χ2n) is 7.61. The maximum Gasteiger partial charge on any atom is 0.338 e. The Labute approximate surface area is 217 Å². The topological polar surface area (TPSA) is 112 Å². The first-order valence-electron chi connectivity index (χ1n) is 11.2. The lowest BCUT2D eigenvalue weighted by molar-refractivity contribution is 0.0499. The predicted molar refractivity (Wildman–Crippen MR) is 138 cm³/mol. The van der Waals surface area contributed by atoms with Gasteiger partial charge in [0.05, 0.1) is 23.6 Å². The van der Waals surface area contributed by atoms with Crippen LogP contribution in [0.2, 0.25) is 5.02 Å². The second kappa shape index (κ2) is 12.3. The minimum atomic E-state index is -0.432. The van der Waals surface area contributed by atoms with Crippen molar-refractivity contribution in [2.45, 2.75) is 30.7 Å². The fourth-order valence-electron chi connectivity index (χ4n) is 3.16. The lowest BCUT2D eigenvalue weighted by Gasteiger charge is -2.09. The monoisotopic (exact) mass is 522 g/mol. The Morgan fingerprint density at radius 1 is 1.06 bits per heavy atom. The Balaban J connectivity index is 1.53. The van der Waals surface area contributed by atoms with Crippen LogP contribution >= 0.6 is 23.4 Å². The molecule has 0 aliphatic rings. The molecule has 36 heavy (non-hydrogen) atoms. The Kier molecular flexibility index (Phi) is 8.64. The van der Waals surface area contributed by atoms with Crippen molar-refractivity contribution in [2.24, 2.45) is 0 Å². The number of hydrogen-bond acceptors (Lipinski definition) is 8. The van der Waals surface area contributed by atoms with E-state index in [1.807, 2.05) is 6.92 Å². The van der Waals surface area contributed by atoms with E-state index in [4.69, 9.17) is 16.3 Å². The fourth-order valence-corrected chi connectivity index (χ4v) is 4.08. The van der Waals surface area contributed by atoms with Crippen molar-refractivity contribution in [3.63, 3.8) is 0 Å². The van der Waals surface area contributed by atoms with Crippen molar-refractivity contribution in [3.8, 4) is 5.69 Å². The van der Waals surface area contributed by atoms with Gasteiger partial charge in [0.25, 0.3) is 5.91 Å². The van der Waals surface area contributed by atoms with Crippen LogP contribution in [0.1, 0.15) is 46.3 Å². The maximum absolute atomic E-state index is 13.2. The molecule has 0 atom stereocenters. The molecule has 0 unspecified atom stereocenters. The van der Waals surface area contributed by atoms with Gasteiger partial charge in [-0.15, -0.1) is 5.10 Å². The number of rotatable bonds is 10. The van der Waals surface area contributed by atoms with Crippen molar-refractivity contribution in [1.29, 1.82) is 0 Å². The largest absolute Gasteiger partial charge is 0.462 e. The number of nitrogens with one attached hydrogen (secondary N) is 1. The quantitative estimate of drug-likeness (QED) is 0.131. The normalized spacial score (nSPS) is 10.7. The summed E-state index contributed by atoms with van der Waals surface area (Å²) < 4.78 is 6.82. The molecule has 0 aliphatic heterocycles. The number of thioether (sulfide) groups is 1. The van der Waals surface area contributed by atoms with Crippen molar-refractivity contribution in [3.05, 3.63) is 89.0 Å². The van der Waals surface area contributed by atoms with Crippen molar-refractivity contribution >= 4 is 40.9 Å². The molecule has 9 nitrogen and oxygen atoms in total. The molecular weight excluding hydrogens is 500 g/mol. The third-order valence-corrected chi connectivity index (χ3v) is 6.18. The first-order valence-corrected chi connectivity index (χ1v) is 12.6. The Morgan fingerprint density at radius 2 is 1.78 bits per heavy atom. The highest BCUT2D eigenvalue weighted by Crippen LogP contribution is 2.24. The Morgan fingerprint density at radius 3 is 2.47 bits per heavy atom. The van der Waals surface area contributed by atoms with E-state index in [0.717, 1.165) is 12.8 Å². The Hall–Kier alpha value is -3.76. The average molecular weight is 523 g/mol. The first-order chi connectivity index (χ1) is 17.5. The highest BCUT2D eigenvalue weighted by atomic mass is 35.5. The number of amides is 1. The maximum atomic E-state index is 13.2. The van der Waals surface area contributed by atoms with E-state index in [2.05, 4.69) is 25.6 Å². The van der Waals surface area contributed by atoms with Crippen molar-refractivity contribution in [1.82, 2.24) is 25.0 Å². The smallest absolute Gasteiger partial charge is 0.338 e. The number of carbonyl (C=O) groups is 2. The molecule has 0 spiro atoms. The van der Waals surface area contributed by atoms with E-state index in [1.54, 1.807) is 71.7 Å². The van der Waals surface area contributed by atoms with Crippen LogP contribution in [0.3, 0.4) is 0 Å². The van der Waals surface area contributed by atoms with Gasteiger partial charge in [-0.1, -0.05) is 41.9 Å². The van der Waals surface area contributed by atoms with E-state index in [0.29, 0.717) is 45.2 Å². The van der Waals surface area contributed by atoms with E-state index in [1.165, 1.54) is 11.8 Å². The third-order valence-electron chi connectivity index (χ3n) is 5.04. The van der Waals surface area contributed by atoms with Crippen LogP contribution in [0.15, 0.2) is 72.1 Å².